The molecule has 0 fully saturated rings. The highest BCUT2D eigenvalue weighted by Gasteiger charge is 2.04. The van der Waals surface area contributed by atoms with Gasteiger partial charge in [-0.3, -0.25) is 0 Å². The Bertz CT molecular complexity index is 522. The maximum absolute atomic E-state index is 13.5. The second-order valence-corrected chi connectivity index (χ2v) is 4.27. The van der Waals surface area contributed by atoms with Gasteiger partial charge in [0.05, 0.1) is 12.7 Å². The highest BCUT2D eigenvalue weighted by atomic mass is 19.1. The number of aromatic nitrogens is 1. The number of nitrogens with one attached hydrogen (secondary N) is 1. The van der Waals surface area contributed by atoms with Crippen molar-refractivity contribution < 1.29 is 8.81 Å². The molecular formula is C14H17FN2O. The Morgan fingerprint density at radius 1 is 1.33 bits per heavy atom. The highest BCUT2D eigenvalue weighted by molar-refractivity contribution is 5.23. The summed E-state index contributed by atoms with van der Waals surface area (Å²) in [7, 11) is 0. The number of halogens is 1. The third-order valence-electron chi connectivity index (χ3n) is 2.74. The zero-order valence-electron chi connectivity index (χ0n) is 10.7. The summed E-state index contributed by atoms with van der Waals surface area (Å²) in [4.78, 5) is 4.14. The zero-order valence-corrected chi connectivity index (χ0v) is 10.7. The van der Waals surface area contributed by atoms with E-state index in [0.29, 0.717) is 24.5 Å². The number of nitrogens with zero attached hydrogens (tertiary/aromatic N) is 1. The topological polar surface area (TPSA) is 38.1 Å². The molecule has 0 aliphatic carbocycles. The number of oxazole rings is 1. The smallest absolute Gasteiger partial charge is 0.208 e. The third-order valence-corrected chi connectivity index (χ3v) is 2.74. The fourth-order valence-corrected chi connectivity index (χ4v) is 1.74. The normalized spacial score (nSPS) is 10.8. The van der Waals surface area contributed by atoms with Crippen LogP contribution in [0.25, 0.3) is 0 Å². The number of hydrogen-bond donors (Lipinski definition) is 1. The second kappa shape index (κ2) is 5.78. The maximum Gasteiger partial charge on any atom is 0.208 e. The van der Waals surface area contributed by atoms with Gasteiger partial charge in [-0.2, -0.15) is 0 Å². The Morgan fingerprint density at radius 2 is 2.17 bits per heavy atom. The summed E-state index contributed by atoms with van der Waals surface area (Å²) in [6, 6.07) is 5.10. The first-order valence-electron chi connectivity index (χ1n) is 6.08. The van der Waals surface area contributed by atoms with Crippen molar-refractivity contribution >= 4 is 0 Å². The molecule has 0 saturated heterocycles. The molecule has 18 heavy (non-hydrogen) atoms. The van der Waals surface area contributed by atoms with E-state index >= 15 is 0 Å². The fourth-order valence-electron chi connectivity index (χ4n) is 1.74. The molecule has 2 rings (SSSR count). The predicted octanol–water partition coefficient (Wildman–Crippen LogP) is 2.97. The van der Waals surface area contributed by atoms with Crippen LogP contribution in [0, 0.1) is 12.7 Å². The quantitative estimate of drug-likeness (QED) is 0.884. The zero-order chi connectivity index (χ0) is 13.0. The lowest BCUT2D eigenvalue weighted by Gasteiger charge is -2.05. The molecule has 0 unspecified atom stereocenters. The van der Waals surface area contributed by atoms with Crippen molar-refractivity contribution in [3.63, 3.8) is 0 Å². The lowest BCUT2D eigenvalue weighted by Crippen LogP contribution is -2.14. The van der Waals surface area contributed by atoms with Crippen molar-refractivity contribution in [2.75, 3.05) is 0 Å². The Morgan fingerprint density at radius 3 is 2.89 bits per heavy atom. The van der Waals surface area contributed by atoms with Gasteiger partial charge in [0, 0.05) is 18.5 Å². The maximum atomic E-state index is 13.5. The van der Waals surface area contributed by atoms with Crippen LogP contribution in [0.3, 0.4) is 0 Å². The number of rotatable bonds is 5. The molecule has 2 aromatic rings. The van der Waals surface area contributed by atoms with Gasteiger partial charge in [0.2, 0.25) is 5.89 Å². The van der Waals surface area contributed by atoms with Crippen molar-refractivity contribution in [1.82, 2.24) is 10.3 Å². The predicted molar refractivity (Wildman–Crippen MR) is 67.6 cm³/mol. The Labute approximate surface area is 106 Å². The molecule has 1 aromatic heterocycles. The molecule has 0 spiro atoms. The molecule has 0 amide bonds. The van der Waals surface area contributed by atoms with E-state index in [0.717, 1.165) is 17.7 Å². The van der Waals surface area contributed by atoms with E-state index in [9.17, 15) is 4.39 Å². The lowest BCUT2D eigenvalue weighted by molar-refractivity contribution is 0.437. The van der Waals surface area contributed by atoms with Crippen molar-refractivity contribution in [3.8, 4) is 0 Å². The van der Waals surface area contributed by atoms with Crippen LogP contribution < -0.4 is 5.32 Å². The van der Waals surface area contributed by atoms with Gasteiger partial charge in [-0.25, -0.2) is 9.37 Å². The molecule has 4 heteroatoms. The lowest BCUT2D eigenvalue weighted by atomic mass is 10.1. The van der Waals surface area contributed by atoms with Gasteiger partial charge in [-0.1, -0.05) is 24.6 Å². The number of aryl methyl sites for hydroxylation is 2. The van der Waals surface area contributed by atoms with Gasteiger partial charge in [0.25, 0.3) is 0 Å². The van der Waals surface area contributed by atoms with Crippen LogP contribution in [0.2, 0.25) is 0 Å². The van der Waals surface area contributed by atoms with Crippen LogP contribution in [0.1, 0.15) is 29.7 Å². The minimum absolute atomic E-state index is 0.185. The Kier molecular flexibility index (Phi) is 4.10. The first-order chi connectivity index (χ1) is 8.69. The van der Waals surface area contributed by atoms with Crippen LogP contribution in [0.5, 0.6) is 0 Å². The van der Waals surface area contributed by atoms with Crippen molar-refractivity contribution in [2.24, 2.45) is 0 Å². The standard InChI is InChI=1S/C14H17FN2O/c1-3-12-8-17-14(18-12)9-16-7-11-6-10(2)4-5-13(11)15/h4-6,8,16H,3,7,9H2,1-2H3. The van der Waals surface area contributed by atoms with E-state index in [1.165, 1.54) is 6.07 Å². The average molecular weight is 248 g/mol. The minimum atomic E-state index is -0.185. The SMILES string of the molecule is CCc1cnc(CNCc2cc(C)ccc2F)o1. The summed E-state index contributed by atoms with van der Waals surface area (Å²) in [6.45, 7) is 4.94. The van der Waals surface area contributed by atoms with Crippen LogP contribution in [0.4, 0.5) is 4.39 Å². The fraction of sp³-hybridized carbons (Fsp3) is 0.357. The third kappa shape index (κ3) is 3.17. The molecule has 0 aliphatic heterocycles. The molecule has 0 saturated carbocycles. The summed E-state index contributed by atoms with van der Waals surface area (Å²) in [5.74, 6) is 1.32. The molecule has 1 aromatic carbocycles. The Hall–Kier alpha value is -1.68. The van der Waals surface area contributed by atoms with Crippen molar-refractivity contribution in [1.29, 1.82) is 0 Å². The number of hydrogen-bond acceptors (Lipinski definition) is 3. The summed E-state index contributed by atoms with van der Waals surface area (Å²) in [6.07, 6.45) is 2.56. The van der Waals surface area contributed by atoms with E-state index in [4.69, 9.17) is 4.42 Å². The van der Waals surface area contributed by atoms with E-state index < -0.39 is 0 Å². The van der Waals surface area contributed by atoms with Gasteiger partial charge >= 0.3 is 0 Å². The Balaban J connectivity index is 1.90. The van der Waals surface area contributed by atoms with Gasteiger partial charge < -0.3 is 9.73 Å². The van der Waals surface area contributed by atoms with Gasteiger partial charge in [-0.05, 0) is 13.0 Å². The monoisotopic (exact) mass is 248 g/mol. The van der Waals surface area contributed by atoms with Crippen LogP contribution in [-0.2, 0) is 19.5 Å². The van der Waals surface area contributed by atoms with Crippen LogP contribution in [0.15, 0.2) is 28.8 Å². The van der Waals surface area contributed by atoms with Crippen molar-refractivity contribution in [3.05, 3.63) is 53.0 Å². The van der Waals surface area contributed by atoms with Gasteiger partial charge in [0.1, 0.15) is 11.6 Å². The average Bonchev–Trinajstić information content (AvgIpc) is 2.81. The van der Waals surface area contributed by atoms with Crippen LogP contribution >= 0.6 is 0 Å². The molecule has 96 valence electrons. The van der Waals surface area contributed by atoms with E-state index in [2.05, 4.69) is 10.3 Å². The minimum Gasteiger partial charge on any atom is -0.444 e. The molecule has 0 bridgehead atoms. The summed E-state index contributed by atoms with van der Waals surface area (Å²) in [5, 5.41) is 3.13. The summed E-state index contributed by atoms with van der Waals surface area (Å²) in [5.41, 5.74) is 1.72. The van der Waals surface area contributed by atoms with Gasteiger partial charge in [0.15, 0.2) is 0 Å². The van der Waals surface area contributed by atoms with Gasteiger partial charge in [-0.15, -0.1) is 0 Å². The summed E-state index contributed by atoms with van der Waals surface area (Å²) >= 11 is 0. The van der Waals surface area contributed by atoms with Crippen molar-refractivity contribution in [2.45, 2.75) is 33.4 Å². The number of benzene rings is 1. The molecule has 1 heterocycles. The molecule has 0 atom stereocenters. The van der Waals surface area contributed by atoms with E-state index in [1.807, 2.05) is 19.9 Å². The van der Waals surface area contributed by atoms with Crippen LogP contribution in [-0.4, -0.2) is 4.98 Å². The van der Waals surface area contributed by atoms with E-state index in [1.54, 1.807) is 12.3 Å². The molecule has 1 N–H and O–H groups in total. The summed E-state index contributed by atoms with van der Waals surface area (Å²) < 4.78 is 18.9. The first kappa shape index (κ1) is 12.8. The molecular weight excluding hydrogens is 231 g/mol. The molecule has 0 radical (unpaired) electrons. The van der Waals surface area contributed by atoms with E-state index in [-0.39, 0.29) is 5.82 Å². The largest absolute Gasteiger partial charge is 0.444 e. The second-order valence-electron chi connectivity index (χ2n) is 4.27. The first-order valence-corrected chi connectivity index (χ1v) is 6.08. The molecule has 0 aliphatic rings. The highest BCUT2D eigenvalue weighted by Crippen LogP contribution is 2.10. The molecule has 3 nitrogen and oxygen atoms in total.